The van der Waals surface area contributed by atoms with Crippen molar-refractivity contribution in [2.24, 2.45) is 5.92 Å². The number of ether oxygens (including phenoxy) is 1. The van der Waals surface area contributed by atoms with Crippen molar-refractivity contribution in [2.75, 3.05) is 12.9 Å². The number of carbonyl (C=O) groups is 1. The molecule has 14 heavy (non-hydrogen) atoms. The third-order valence-electron chi connectivity index (χ3n) is 1.36. The maximum absolute atomic E-state index is 11.3. The number of hydrogen-bond donors (Lipinski definition) is 0. The molecule has 0 spiro atoms. The van der Waals surface area contributed by atoms with E-state index in [0.717, 1.165) is 6.26 Å². The lowest BCUT2D eigenvalue weighted by atomic mass is 10.2. The fraction of sp³-hybridized carbons (Fsp3) is 0.667. The SMILES string of the molecule is CCOC(=O)/C(=C\C(C)C)S(C)(=O)=O. The quantitative estimate of drug-likeness (QED) is 0.526. The number of hydrogen-bond acceptors (Lipinski definition) is 4. The second-order valence-corrected chi connectivity index (χ2v) is 5.25. The molecule has 0 saturated heterocycles. The average Bonchev–Trinajstić information content (AvgIpc) is 1.98. The van der Waals surface area contributed by atoms with Crippen LogP contribution in [0.2, 0.25) is 0 Å². The van der Waals surface area contributed by atoms with Gasteiger partial charge in [-0.1, -0.05) is 19.9 Å². The molecule has 0 atom stereocenters. The molecule has 0 bridgehead atoms. The van der Waals surface area contributed by atoms with Crippen LogP contribution in [0.25, 0.3) is 0 Å². The van der Waals surface area contributed by atoms with Gasteiger partial charge < -0.3 is 4.74 Å². The van der Waals surface area contributed by atoms with E-state index < -0.39 is 15.8 Å². The molecule has 0 aliphatic carbocycles. The van der Waals surface area contributed by atoms with E-state index in [1.807, 2.05) is 0 Å². The van der Waals surface area contributed by atoms with Crippen molar-refractivity contribution in [3.63, 3.8) is 0 Å². The van der Waals surface area contributed by atoms with Crippen LogP contribution in [0.4, 0.5) is 0 Å². The van der Waals surface area contributed by atoms with Crippen molar-refractivity contribution in [1.29, 1.82) is 0 Å². The van der Waals surface area contributed by atoms with Gasteiger partial charge in [0.05, 0.1) is 6.61 Å². The number of esters is 1. The van der Waals surface area contributed by atoms with Gasteiger partial charge in [-0.25, -0.2) is 13.2 Å². The molecule has 0 aliphatic rings. The Balaban J connectivity index is 5.04. The zero-order valence-corrected chi connectivity index (χ0v) is 9.72. The highest BCUT2D eigenvalue weighted by Crippen LogP contribution is 2.11. The van der Waals surface area contributed by atoms with E-state index in [4.69, 9.17) is 0 Å². The summed E-state index contributed by atoms with van der Waals surface area (Å²) in [5, 5.41) is 0. The van der Waals surface area contributed by atoms with E-state index in [-0.39, 0.29) is 17.4 Å². The lowest BCUT2D eigenvalue weighted by Gasteiger charge is -2.05. The Morgan fingerprint density at radius 2 is 1.93 bits per heavy atom. The first-order chi connectivity index (χ1) is 6.29. The second-order valence-electron chi connectivity index (χ2n) is 3.27. The third kappa shape index (κ3) is 4.41. The maximum atomic E-state index is 11.3. The minimum atomic E-state index is -3.49. The van der Waals surface area contributed by atoms with Gasteiger partial charge in [0.25, 0.3) is 0 Å². The van der Waals surface area contributed by atoms with Crippen molar-refractivity contribution < 1.29 is 17.9 Å². The Morgan fingerprint density at radius 3 is 2.21 bits per heavy atom. The molecular weight excluding hydrogens is 204 g/mol. The van der Waals surface area contributed by atoms with Gasteiger partial charge in [-0.15, -0.1) is 0 Å². The Kier molecular flexibility index (Phi) is 4.83. The van der Waals surface area contributed by atoms with E-state index in [9.17, 15) is 13.2 Å². The summed E-state index contributed by atoms with van der Waals surface area (Å²) in [5.74, 6) is -0.784. The smallest absolute Gasteiger partial charge is 0.349 e. The molecule has 0 fully saturated rings. The molecule has 0 aromatic heterocycles. The van der Waals surface area contributed by atoms with Crippen LogP contribution in [-0.4, -0.2) is 27.2 Å². The van der Waals surface area contributed by atoms with Crippen LogP contribution in [0.1, 0.15) is 20.8 Å². The lowest BCUT2D eigenvalue weighted by Crippen LogP contribution is -2.16. The number of allylic oxidation sites excluding steroid dienone is 1. The third-order valence-corrected chi connectivity index (χ3v) is 2.46. The van der Waals surface area contributed by atoms with Crippen molar-refractivity contribution in [3.05, 3.63) is 11.0 Å². The van der Waals surface area contributed by atoms with Crippen LogP contribution in [0.3, 0.4) is 0 Å². The normalized spacial score (nSPS) is 13.1. The zero-order chi connectivity index (χ0) is 11.4. The van der Waals surface area contributed by atoms with Crippen LogP contribution >= 0.6 is 0 Å². The Labute approximate surface area is 84.9 Å². The van der Waals surface area contributed by atoms with E-state index in [1.54, 1.807) is 20.8 Å². The Morgan fingerprint density at radius 1 is 1.43 bits per heavy atom. The molecule has 0 aromatic carbocycles. The monoisotopic (exact) mass is 220 g/mol. The molecule has 82 valence electrons. The molecule has 4 nitrogen and oxygen atoms in total. The fourth-order valence-corrected chi connectivity index (χ4v) is 1.73. The first-order valence-corrected chi connectivity index (χ1v) is 6.27. The van der Waals surface area contributed by atoms with E-state index in [1.165, 1.54) is 6.08 Å². The highest BCUT2D eigenvalue weighted by atomic mass is 32.2. The summed E-state index contributed by atoms with van der Waals surface area (Å²) in [6, 6.07) is 0. The van der Waals surface area contributed by atoms with Crippen LogP contribution in [0, 0.1) is 5.92 Å². The predicted molar refractivity (Wildman–Crippen MR) is 54.4 cm³/mol. The van der Waals surface area contributed by atoms with Gasteiger partial charge in [0, 0.05) is 6.26 Å². The molecule has 0 aromatic rings. The minimum Gasteiger partial charge on any atom is -0.462 e. The molecule has 0 heterocycles. The maximum Gasteiger partial charge on any atom is 0.349 e. The topological polar surface area (TPSA) is 60.4 Å². The Hall–Kier alpha value is -0.840. The average molecular weight is 220 g/mol. The molecule has 0 saturated carbocycles. The molecular formula is C9H16O4S. The highest BCUT2D eigenvalue weighted by Gasteiger charge is 2.21. The zero-order valence-electron chi connectivity index (χ0n) is 8.90. The standard InChI is InChI=1S/C9H16O4S/c1-5-13-9(10)8(6-7(2)3)14(4,11)12/h6-7H,5H2,1-4H3/b8-6+. The first kappa shape index (κ1) is 13.2. The molecule has 0 rings (SSSR count). The van der Waals surface area contributed by atoms with Crippen LogP contribution in [-0.2, 0) is 19.4 Å². The van der Waals surface area contributed by atoms with Gasteiger partial charge in [0.1, 0.15) is 4.91 Å². The van der Waals surface area contributed by atoms with Crippen molar-refractivity contribution in [1.82, 2.24) is 0 Å². The van der Waals surface area contributed by atoms with Gasteiger partial charge in [0.2, 0.25) is 0 Å². The summed E-state index contributed by atoms with van der Waals surface area (Å²) in [7, 11) is -3.49. The molecule has 0 unspecified atom stereocenters. The predicted octanol–water partition coefficient (Wildman–Crippen LogP) is 1.13. The summed E-state index contributed by atoms with van der Waals surface area (Å²) in [5.41, 5.74) is 0. The largest absolute Gasteiger partial charge is 0.462 e. The number of sulfone groups is 1. The Bertz CT molecular complexity index is 325. The highest BCUT2D eigenvalue weighted by molar-refractivity contribution is 7.95. The molecule has 0 amide bonds. The van der Waals surface area contributed by atoms with E-state index in [0.29, 0.717) is 0 Å². The first-order valence-electron chi connectivity index (χ1n) is 4.38. The van der Waals surface area contributed by atoms with Crippen LogP contribution in [0.5, 0.6) is 0 Å². The van der Waals surface area contributed by atoms with Crippen LogP contribution in [0.15, 0.2) is 11.0 Å². The summed E-state index contributed by atoms with van der Waals surface area (Å²) in [6.07, 6.45) is 2.39. The summed E-state index contributed by atoms with van der Waals surface area (Å²) < 4.78 is 27.1. The molecule has 0 aliphatic heterocycles. The lowest BCUT2D eigenvalue weighted by molar-refractivity contribution is -0.137. The van der Waals surface area contributed by atoms with Crippen molar-refractivity contribution in [3.8, 4) is 0 Å². The van der Waals surface area contributed by atoms with Crippen LogP contribution < -0.4 is 0 Å². The summed E-state index contributed by atoms with van der Waals surface area (Å²) >= 11 is 0. The summed E-state index contributed by atoms with van der Waals surface area (Å²) in [4.78, 5) is 11.0. The van der Waals surface area contributed by atoms with Gasteiger partial charge in [-0.2, -0.15) is 0 Å². The number of carbonyl (C=O) groups excluding carboxylic acids is 1. The van der Waals surface area contributed by atoms with Crippen molar-refractivity contribution >= 4 is 15.8 Å². The van der Waals surface area contributed by atoms with Gasteiger partial charge in [-0.3, -0.25) is 0 Å². The number of rotatable bonds is 4. The van der Waals surface area contributed by atoms with E-state index in [2.05, 4.69) is 4.74 Å². The molecule has 5 heteroatoms. The summed E-state index contributed by atoms with van der Waals surface area (Å²) in [6.45, 7) is 5.39. The fourth-order valence-electron chi connectivity index (χ4n) is 0.848. The second kappa shape index (κ2) is 5.14. The molecule has 0 radical (unpaired) electrons. The van der Waals surface area contributed by atoms with Gasteiger partial charge in [0.15, 0.2) is 9.84 Å². The van der Waals surface area contributed by atoms with Gasteiger partial charge >= 0.3 is 5.97 Å². The molecule has 0 N–H and O–H groups in total. The van der Waals surface area contributed by atoms with Crippen molar-refractivity contribution in [2.45, 2.75) is 20.8 Å². The van der Waals surface area contributed by atoms with E-state index >= 15 is 0 Å². The minimum absolute atomic E-state index is 0.0101. The van der Waals surface area contributed by atoms with Gasteiger partial charge in [-0.05, 0) is 12.8 Å².